The van der Waals surface area contributed by atoms with Gasteiger partial charge in [-0.15, -0.1) is 0 Å². The van der Waals surface area contributed by atoms with Crippen LogP contribution in [0.3, 0.4) is 0 Å². The second-order valence-electron chi connectivity index (χ2n) is 4.07. The lowest BCUT2D eigenvalue weighted by Crippen LogP contribution is -1.80. The van der Waals surface area contributed by atoms with Crippen LogP contribution in [0, 0.1) is 6.42 Å². The van der Waals surface area contributed by atoms with E-state index < -0.39 is 0 Å². The van der Waals surface area contributed by atoms with Crippen molar-refractivity contribution in [2.75, 3.05) is 0 Å². The molecule has 0 saturated carbocycles. The van der Waals surface area contributed by atoms with Gasteiger partial charge in [-0.2, -0.15) is 0 Å². The largest absolute Gasteiger partial charge is 0.0882 e. The molecular formula is C13H23. The van der Waals surface area contributed by atoms with Gasteiger partial charge in [-0.3, -0.25) is 0 Å². The number of hydrogen-bond donors (Lipinski definition) is 0. The normalized spacial score (nSPS) is 25.2. The van der Waals surface area contributed by atoms with Gasteiger partial charge in [0.1, 0.15) is 0 Å². The lowest BCUT2D eigenvalue weighted by atomic mass is 10.1. The quantitative estimate of drug-likeness (QED) is 0.507. The Bertz CT molecular complexity index is 110. The topological polar surface area (TPSA) is 0 Å². The fourth-order valence-corrected chi connectivity index (χ4v) is 1.87. The molecule has 0 fully saturated rings. The zero-order chi connectivity index (χ0) is 9.19. The summed E-state index contributed by atoms with van der Waals surface area (Å²) in [6.45, 7) is 0. The summed E-state index contributed by atoms with van der Waals surface area (Å²) in [7, 11) is 0. The van der Waals surface area contributed by atoms with Gasteiger partial charge in [0.2, 0.25) is 0 Å². The average Bonchev–Trinajstić information content (AvgIpc) is 2.18. The van der Waals surface area contributed by atoms with Crippen LogP contribution in [0.15, 0.2) is 12.2 Å². The highest BCUT2D eigenvalue weighted by molar-refractivity contribution is 4.94. The molecule has 0 aromatic heterocycles. The summed E-state index contributed by atoms with van der Waals surface area (Å²) in [5.41, 5.74) is 0. The summed E-state index contributed by atoms with van der Waals surface area (Å²) in [6.07, 6.45) is 21.0. The second-order valence-corrected chi connectivity index (χ2v) is 4.07. The molecule has 1 radical (unpaired) electrons. The van der Waals surface area contributed by atoms with Gasteiger partial charge >= 0.3 is 0 Å². The molecule has 0 unspecified atom stereocenters. The predicted octanol–water partition coefficient (Wildman–Crippen LogP) is 4.66. The first-order valence-corrected chi connectivity index (χ1v) is 5.98. The van der Waals surface area contributed by atoms with Crippen LogP contribution >= 0.6 is 0 Å². The SMILES string of the molecule is [CH]1/C=C/CCCCCCCCCC1. The molecular weight excluding hydrogens is 156 g/mol. The maximum atomic E-state index is 2.33. The molecule has 75 valence electrons. The van der Waals surface area contributed by atoms with Crippen molar-refractivity contribution in [3.63, 3.8) is 0 Å². The molecule has 0 N–H and O–H groups in total. The van der Waals surface area contributed by atoms with E-state index in [1.54, 1.807) is 0 Å². The van der Waals surface area contributed by atoms with E-state index in [1.165, 1.54) is 64.2 Å². The molecule has 0 amide bonds. The first kappa shape index (κ1) is 10.8. The zero-order valence-electron chi connectivity index (χ0n) is 8.80. The monoisotopic (exact) mass is 179 g/mol. The Kier molecular flexibility index (Phi) is 6.94. The predicted molar refractivity (Wildman–Crippen MR) is 59.6 cm³/mol. The van der Waals surface area contributed by atoms with E-state index in [4.69, 9.17) is 0 Å². The third kappa shape index (κ3) is 6.86. The highest BCUT2D eigenvalue weighted by Crippen LogP contribution is 2.12. The van der Waals surface area contributed by atoms with Crippen LogP contribution in [-0.4, -0.2) is 0 Å². The molecule has 0 aliphatic heterocycles. The summed E-state index contributed by atoms with van der Waals surface area (Å²) < 4.78 is 0. The van der Waals surface area contributed by atoms with Crippen LogP contribution in [0.1, 0.15) is 64.2 Å². The summed E-state index contributed by atoms with van der Waals surface area (Å²) in [5.74, 6) is 0. The van der Waals surface area contributed by atoms with E-state index in [2.05, 4.69) is 18.6 Å². The zero-order valence-corrected chi connectivity index (χ0v) is 8.80. The van der Waals surface area contributed by atoms with Crippen molar-refractivity contribution in [2.45, 2.75) is 64.2 Å². The molecule has 0 saturated heterocycles. The number of rotatable bonds is 0. The lowest BCUT2D eigenvalue weighted by Gasteiger charge is -1.99. The Morgan fingerprint density at radius 2 is 1.08 bits per heavy atom. The molecule has 0 atom stereocenters. The van der Waals surface area contributed by atoms with Gasteiger partial charge in [-0.05, 0) is 25.7 Å². The van der Waals surface area contributed by atoms with Crippen molar-refractivity contribution in [3.05, 3.63) is 18.6 Å². The second kappa shape index (κ2) is 8.34. The van der Waals surface area contributed by atoms with Gasteiger partial charge in [-0.1, -0.05) is 57.1 Å². The standard InChI is InChI=1S/C13H23/c1-2-4-6-8-10-12-13-11-9-7-5-3-1/h1-3H,4-13H2/b2-1+. The molecule has 1 aliphatic rings. The maximum Gasteiger partial charge on any atom is -0.0171 e. The molecule has 0 aromatic rings. The lowest BCUT2D eigenvalue weighted by molar-refractivity contribution is 0.571. The molecule has 13 heavy (non-hydrogen) atoms. The maximum absolute atomic E-state index is 2.33. The van der Waals surface area contributed by atoms with Crippen LogP contribution in [-0.2, 0) is 0 Å². The Balaban J connectivity index is 2.09. The Morgan fingerprint density at radius 3 is 1.77 bits per heavy atom. The van der Waals surface area contributed by atoms with E-state index >= 15 is 0 Å². The van der Waals surface area contributed by atoms with E-state index in [9.17, 15) is 0 Å². The molecule has 0 heterocycles. The third-order valence-corrected chi connectivity index (χ3v) is 2.76. The minimum atomic E-state index is 1.29. The molecule has 0 aromatic carbocycles. The fourth-order valence-electron chi connectivity index (χ4n) is 1.87. The first-order valence-electron chi connectivity index (χ1n) is 5.98. The van der Waals surface area contributed by atoms with Crippen LogP contribution in [0.4, 0.5) is 0 Å². The minimum absolute atomic E-state index is 1.29. The third-order valence-electron chi connectivity index (χ3n) is 2.76. The molecule has 1 aliphatic carbocycles. The number of allylic oxidation sites excluding steroid dienone is 2. The van der Waals surface area contributed by atoms with Crippen LogP contribution < -0.4 is 0 Å². The van der Waals surface area contributed by atoms with E-state index in [-0.39, 0.29) is 0 Å². The van der Waals surface area contributed by atoms with Gasteiger partial charge in [0.25, 0.3) is 0 Å². The van der Waals surface area contributed by atoms with Crippen LogP contribution in [0.5, 0.6) is 0 Å². The molecule has 0 heteroatoms. The summed E-state index contributed by atoms with van der Waals surface area (Å²) in [4.78, 5) is 0. The van der Waals surface area contributed by atoms with E-state index in [0.717, 1.165) is 0 Å². The Labute approximate surface area is 83.4 Å². The van der Waals surface area contributed by atoms with Crippen molar-refractivity contribution < 1.29 is 0 Å². The van der Waals surface area contributed by atoms with E-state index in [1.807, 2.05) is 0 Å². The minimum Gasteiger partial charge on any atom is -0.0882 e. The smallest absolute Gasteiger partial charge is 0.0171 e. The highest BCUT2D eigenvalue weighted by atomic mass is 14.0. The summed E-state index contributed by atoms with van der Waals surface area (Å²) in [5, 5.41) is 0. The van der Waals surface area contributed by atoms with Crippen LogP contribution in [0.2, 0.25) is 0 Å². The summed E-state index contributed by atoms with van der Waals surface area (Å²) >= 11 is 0. The van der Waals surface area contributed by atoms with Gasteiger partial charge < -0.3 is 0 Å². The summed E-state index contributed by atoms with van der Waals surface area (Å²) in [6, 6.07) is 0. The molecule has 0 bridgehead atoms. The van der Waals surface area contributed by atoms with Gasteiger partial charge in [0, 0.05) is 0 Å². The molecule has 0 nitrogen and oxygen atoms in total. The highest BCUT2D eigenvalue weighted by Gasteiger charge is 1.93. The molecule has 0 spiro atoms. The fraction of sp³-hybridized carbons (Fsp3) is 0.769. The Hall–Kier alpha value is -0.260. The first-order chi connectivity index (χ1) is 6.50. The van der Waals surface area contributed by atoms with Crippen molar-refractivity contribution in [2.24, 2.45) is 0 Å². The average molecular weight is 179 g/mol. The van der Waals surface area contributed by atoms with Gasteiger partial charge in [0.15, 0.2) is 0 Å². The van der Waals surface area contributed by atoms with Crippen molar-refractivity contribution >= 4 is 0 Å². The van der Waals surface area contributed by atoms with Crippen molar-refractivity contribution in [3.8, 4) is 0 Å². The van der Waals surface area contributed by atoms with Crippen LogP contribution in [0.25, 0.3) is 0 Å². The number of hydrogen-bond acceptors (Lipinski definition) is 0. The molecule has 1 rings (SSSR count). The van der Waals surface area contributed by atoms with Crippen molar-refractivity contribution in [1.82, 2.24) is 0 Å². The van der Waals surface area contributed by atoms with Gasteiger partial charge in [0.05, 0.1) is 0 Å². The van der Waals surface area contributed by atoms with Crippen molar-refractivity contribution in [1.29, 1.82) is 0 Å². The Morgan fingerprint density at radius 1 is 0.538 bits per heavy atom. The van der Waals surface area contributed by atoms with E-state index in [0.29, 0.717) is 0 Å². The van der Waals surface area contributed by atoms with Gasteiger partial charge in [-0.25, -0.2) is 0 Å².